The van der Waals surface area contributed by atoms with Crippen LogP contribution in [0.25, 0.3) is 6.08 Å². The molecule has 0 aromatic heterocycles. The first-order chi connectivity index (χ1) is 15.5. The monoisotopic (exact) mass is 468 g/mol. The Morgan fingerprint density at radius 2 is 2.03 bits per heavy atom. The average Bonchev–Trinajstić information content (AvgIpc) is 2.78. The summed E-state index contributed by atoms with van der Waals surface area (Å²) in [6.07, 6.45) is 6.23. The summed E-state index contributed by atoms with van der Waals surface area (Å²) < 4.78 is 0. The van der Waals surface area contributed by atoms with Crippen molar-refractivity contribution < 1.29 is 9.59 Å². The lowest BCUT2D eigenvalue weighted by atomic mass is 9.84. The zero-order valence-electron chi connectivity index (χ0n) is 18.2. The summed E-state index contributed by atoms with van der Waals surface area (Å²) >= 11 is 7.70. The zero-order valence-corrected chi connectivity index (χ0v) is 19.8. The number of nitrogens with one attached hydrogen (secondary N) is 2. The van der Waals surface area contributed by atoms with Crippen molar-refractivity contribution in [2.75, 3.05) is 0 Å². The molecule has 0 bridgehead atoms. The van der Waals surface area contributed by atoms with Crippen LogP contribution in [0.1, 0.15) is 43.7 Å². The molecule has 1 saturated carbocycles. The molecule has 168 valence electrons. The molecule has 2 fully saturated rings. The van der Waals surface area contributed by atoms with E-state index in [0.717, 1.165) is 31.2 Å². The van der Waals surface area contributed by atoms with E-state index in [4.69, 9.17) is 11.6 Å². The van der Waals surface area contributed by atoms with Gasteiger partial charge in [-0.3, -0.25) is 9.59 Å². The summed E-state index contributed by atoms with van der Waals surface area (Å²) in [6.45, 7) is 2.07. The maximum Gasteiger partial charge on any atom is 0.257 e. The Morgan fingerprint density at radius 1 is 1.22 bits per heavy atom. The van der Waals surface area contributed by atoms with E-state index < -0.39 is 0 Å². The van der Waals surface area contributed by atoms with Crippen molar-refractivity contribution >= 4 is 41.3 Å². The standard InChI is InChI=1S/C26H29ClN2O2S/c1-17(10-11-18-6-3-2-4-7-18)28-25(30)20-12-13-23-22(16-20)29-26(31)24(32-23)15-19-8-5-9-21(27)14-19/h2-9,14-15,17,20,22-23H,10-13,16H2,1H3,(H,28,30)(H,29,31)/b24-15+. The van der Waals surface area contributed by atoms with Crippen LogP contribution in [-0.4, -0.2) is 29.1 Å². The number of amides is 2. The lowest BCUT2D eigenvalue weighted by Gasteiger charge is -2.39. The Balaban J connectivity index is 1.29. The molecule has 4 nitrogen and oxygen atoms in total. The number of hydrogen-bond donors (Lipinski definition) is 2. The molecule has 6 heteroatoms. The maximum absolute atomic E-state index is 12.9. The number of aryl methyl sites for hydroxylation is 1. The number of thioether (sulfide) groups is 1. The molecule has 0 spiro atoms. The van der Waals surface area contributed by atoms with Gasteiger partial charge in [-0.05, 0) is 68.4 Å². The van der Waals surface area contributed by atoms with E-state index in [2.05, 4.69) is 29.7 Å². The van der Waals surface area contributed by atoms with Gasteiger partial charge in [-0.1, -0.05) is 54.1 Å². The third-order valence-electron chi connectivity index (χ3n) is 6.22. The van der Waals surface area contributed by atoms with Crippen LogP contribution in [0.15, 0.2) is 59.5 Å². The molecule has 4 rings (SSSR count). The highest BCUT2D eigenvalue weighted by molar-refractivity contribution is 8.04. The molecule has 32 heavy (non-hydrogen) atoms. The smallest absolute Gasteiger partial charge is 0.257 e. The minimum absolute atomic E-state index is 0.0353. The van der Waals surface area contributed by atoms with E-state index in [1.165, 1.54) is 5.56 Å². The van der Waals surface area contributed by atoms with E-state index >= 15 is 0 Å². The first kappa shape index (κ1) is 22.9. The second kappa shape index (κ2) is 10.6. The summed E-state index contributed by atoms with van der Waals surface area (Å²) in [5.41, 5.74) is 2.21. The van der Waals surface area contributed by atoms with Crippen molar-refractivity contribution in [2.45, 2.75) is 56.4 Å². The highest BCUT2D eigenvalue weighted by Crippen LogP contribution is 2.40. The second-order valence-electron chi connectivity index (χ2n) is 8.74. The van der Waals surface area contributed by atoms with Gasteiger partial charge in [-0.25, -0.2) is 0 Å². The Labute approximate surface area is 199 Å². The van der Waals surface area contributed by atoms with Gasteiger partial charge in [-0.15, -0.1) is 11.8 Å². The van der Waals surface area contributed by atoms with Crippen molar-refractivity contribution in [3.63, 3.8) is 0 Å². The molecule has 4 unspecified atom stereocenters. The lowest BCUT2D eigenvalue weighted by molar-refractivity contribution is -0.127. The van der Waals surface area contributed by atoms with Crippen LogP contribution in [0, 0.1) is 5.92 Å². The van der Waals surface area contributed by atoms with E-state index in [1.807, 2.05) is 48.5 Å². The summed E-state index contributed by atoms with van der Waals surface area (Å²) in [5.74, 6) is 0.00632. The number of benzene rings is 2. The van der Waals surface area contributed by atoms with Gasteiger partial charge in [0.15, 0.2) is 0 Å². The molecule has 2 N–H and O–H groups in total. The van der Waals surface area contributed by atoms with Crippen LogP contribution in [-0.2, 0) is 16.0 Å². The fourth-order valence-corrected chi connectivity index (χ4v) is 5.93. The predicted molar refractivity (Wildman–Crippen MR) is 132 cm³/mol. The molecule has 1 saturated heterocycles. The fourth-order valence-electron chi connectivity index (χ4n) is 4.44. The number of carbonyl (C=O) groups excluding carboxylic acids is 2. The largest absolute Gasteiger partial charge is 0.353 e. The quantitative estimate of drug-likeness (QED) is 0.571. The normalized spacial score (nSPS) is 25.0. The van der Waals surface area contributed by atoms with Gasteiger partial charge in [0, 0.05) is 28.3 Å². The lowest BCUT2D eigenvalue weighted by Crippen LogP contribution is -2.52. The Hall–Kier alpha value is -2.24. The summed E-state index contributed by atoms with van der Waals surface area (Å²) in [6, 6.07) is 18.0. The van der Waals surface area contributed by atoms with E-state index in [1.54, 1.807) is 11.8 Å². The maximum atomic E-state index is 12.9. The third kappa shape index (κ3) is 5.96. The molecule has 2 amide bonds. The van der Waals surface area contributed by atoms with E-state index in [-0.39, 0.29) is 29.8 Å². The third-order valence-corrected chi connectivity index (χ3v) is 7.88. The summed E-state index contributed by atoms with van der Waals surface area (Å²) in [5, 5.41) is 7.30. The number of rotatable bonds is 6. The molecule has 1 heterocycles. The molecule has 2 aromatic carbocycles. The molecular weight excluding hydrogens is 440 g/mol. The van der Waals surface area contributed by atoms with Gasteiger partial charge in [0.1, 0.15) is 0 Å². The van der Waals surface area contributed by atoms with Crippen LogP contribution in [0.3, 0.4) is 0 Å². The fraction of sp³-hybridized carbons (Fsp3) is 0.385. The summed E-state index contributed by atoms with van der Waals surface area (Å²) in [7, 11) is 0. The van der Waals surface area contributed by atoms with Gasteiger partial charge < -0.3 is 10.6 Å². The highest BCUT2D eigenvalue weighted by atomic mass is 35.5. The van der Waals surface area contributed by atoms with Gasteiger partial charge in [-0.2, -0.15) is 0 Å². The number of halogens is 1. The molecule has 0 radical (unpaired) electrons. The number of carbonyl (C=O) groups is 2. The highest BCUT2D eigenvalue weighted by Gasteiger charge is 2.39. The van der Waals surface area contributed by atoms with Gasteiger partial charge >= 0.3 is 0 Å². The second-order valence-corrected chi connectivity index (χ2v) is 10.5. The first-order valence-corrected chi connectivity index (χ1v) is 12.5. The molecular formula is C26H29ClN2O2S. The van der Waals surface area contributed by atoms with Gasteiger partial charge in [0.05, 0.1) is 4.91 Å². The number of hydrogen-bond acceptors (Lipinski definition) is 3. The predicted octanol–water partition coefficient (Wildman–Crippen LogP) is 5.22. The minimum atomic E-state index is -0.0616. The van der Waals surface area contributed by atoms with E-state index in [9.17, 15) is 9.59 Å². The topological polar surface area (TPSA) is 58.2 Å². The van der Waals surface area contributed by atoms with Crippen molar-refractivity contribution in [3.8, 4) is 0 Å². The average molecular weight is 469 g/mol. The Bertz CT molecular complexity index is 994. The SMILES string of the molecule is CC(CCc1ccccc1)NC(=O)C1CCC2S/C(=C/c3cccc(Cl)c3)C(=O)NC2C1. The number of fused-ring (bicyclic) bond motifs is 1. The van der Waals surface area contributed by atoms with Crippen LogP contribution in [0.5, 0.6) is 0 Å². The molecule has 2 aliphatic rings. The zero-order chi connectivity index (χ0) is 22.5. The molecule has 1 aliphatic heterocycles. The molecule has 1 aliphatic carbocycles. The summed E-state index contributed by atoms with van der Waals surface area (Å²) in [4.78, 5) is 26.3. The van der Waals surface area contributed by atoms with Gasteiger partial charge in [0.2, 0.25) is 5.91 Å². The van der Waals surface area contributed by atoms with Crippen molar-refractivity contribution in [3.05, 3.63) is 75.7 Å². The minimum Gasteiger partial charge on any atom is -0.353 e. The van der Waals surface area contributed by atoms with Crippen LogP contribution >= 0.6 is 23.4 Å². The van der Waals surface area contributed by atoms with Crippen LogP contribution in [0.4, 0.5) is 0 Å². The van der Waals surface area contributed by atoms with Crippen LogP contribution in [0.2, 0.25) is 5.02 Å². The van der Waals surface area contributed by atoms with E-state index in [0.29, 0.717) is 21.6 Å². The van der Waals surface area contributed by atoms with Crippen molar-refractivity contribution in [2.24, 2.45) is 5.92 Å². The van der Waals surface area contributed by atoms with Crippen molar-refractivity contribution in [1.82, 2.24) is 10.6 Å². The Morgan fingerprint density at radius 3 is 2.81 bits per heavy atom. The Kier molecular flexibility index (Phi) is 7.59. The van der Waals surface area contributed by atoms with Gasteiger partial charge in [0.25, 0.3) is 5.91 Å². The molecule has 2 aromatic rings. The first-order valence-electron chi connectivity index (χ1n) is 11.3. The van der Waals surface area contributed by atoms with Crippen LogP contribution < -0.4 is 10.6 Å². The van der Waals surface area contributed by atoms with Crippen molar-refractivity contribution in [1.29, 1.82) is 0 Å². The molecule has 4 atom stereocenters.